The predicted octanol–water partition coefficient (Wildman–Crippen LogP) is 2.74. The first-order valence-corrected chi connectivity index (χ1v) is 4.92. The molecule has 0 spiro atoms. The number of hydrogen-bond acceptors (Lipinski definition) is 2. The lowest BCUT2D eigenvalue weighted by atomic mass is 10.1. The molecule has 0 aliphatic rings. The van der Waals surface area contributed by atoms with Crippen molar-refractivity contribution in [2.24, 2.45) is 0 Å². The van der Waals surface area contributed by atoms with Crippen LogP contribution in [-0.4, -0.2) is 11.9 Å². The molecule has 0 N–H and O–H groups in total. The lowest BCUT2D eigenvalue weighted by molar-refractivity contribution is -0.126. The molecule has 0 saturated carbocycles. The van der Waals surface area contributed by atoms with Crippen molar-refractivity contribution < 1.29 is 9.53 Å². The third-order valence-corrected chi connectivity index (χ3v) is 2.08. The molecule has 1 atom stereocenters. The van der Waals surface area contributed by atoms with Gasteiger partial charge in [-0.15, -0.1) is 0 Å². The van der Waals surface area contributed by atoms with Crippen LogP contribution in [0, 0.1) is 0 Å². The van der Waals surface area contributed by atoms with E-state index in [0.29, 0.717) is 6.61 Å². The van der Waals surface area contributed by atoms with E-state index in [9.17, 15) is 4.79 Å². The lowest BCUT2D eigenvalue weighted by Gasteiger charge is -2.14. The molecule has 15 heavy (non-hydrogen) atoms. The van der Waals surface area contributed by atoms with Crippen LogP contribution >= 0.6 is 0 Å². The molecule has 0 aliphatic heterocycles. The number of carbonyl (C=O) groups is 1. The highest BCUT2D eigenvalue weighted by atomic mass is 16.5. The first-order valence-electron chi connectivity index (χ1n) is 4.92. The summed E-state index contributed by atoms with van der Waals surface area (Å²) >= 11 is 0. The largest absolute Gasteiger partial charge is 0.361 e. The average molecular weight is 204 g/mol. The van der Waals surface area contributed by atoms with E-state index in [1.807, 2.05) is 30.3 Å². The first-order chi connectivity index (χ1) is 7.11. The van der Waals surface area contributed by atoms with Gasteiger partial charge in [0.25, 0.3) is 0 Å². The van der Waals surface area contributed by atoms with Crippen molar-refractivity contribution in [3.8, 4) is 0 Å². The third-order valence-electron chi connectivity index (χ3n) is 2.08. The van der Waals surface area contributed by atoms with Gasteiger partial charge in [0.05, 0.1) is 6.61 Å². The van der Waals surface area contributed by atoms with Gasteiger partial charge in [-0.05, 0) is 25.0 Å². The van der Waals surface area contributed by atoms with Crippen LogP contribution in [0.2, 0.25) is 0 Å². The van der Waals surface area contributed by atoms with Gasteiger partial charge >= 0.3 is 0 Å². The van der Waals surface area contributed by atoms with Crippen molar-refractivity contribution in [2.45, 2.75) is 26.6 Å². The Labute approximate surface area is 90.6 Å². The zero-order chi connectivity index (χ0) is 11.3. The van der Waals surface area contributed by atoms with Gasteiger partial charge in [-0.1, -0.05) is 36.9 Å². The number of benzene rings is 1. The fourth-order valence-corrected chi connectivity index (χ4v) is 1.36. The second kappa shape index (κ2) is 5.47. The minimum absolute atomic E-state index is 0.00145. The standard InChI is InChI=1S/C13H16O2/c1-10(2)13(11(3)14)15-9-12-7-5-4-6-8-12/h4-8,13H,1,9H2,2-3H3. The second-order valence-corrected chi connectivity index (χ2v) is 3.63. The van der Waals surface area contributed by atoms with Crippen LogP contribution in [0.3, 0.4) is 0 Å². The van der Waals surface area contributed by atoms with E-state index < -0.39 is 6.10 Å². The Morgan fingerprint density at radius 3 is 2.40 bits per heavy atom. The van der Waals surface area contributed by atoms with Gasteiger partial charge in [-0.2, -0.15) is 0 Å². The van der Waals surface area contributed by atoms with Crippen molar-refractivity contribution in [1.82, 2.24) is 0 Å². The molecule has 0 amide bonds. The number of Topliss-reactive ketones (excluding diaryl/α,β-unsaturated/α-hetero) is 1. The molecule has 0 saturated heterocycles. The van der Waals surface area contributed by atoms with Gasteiger partial charge in [0, 0.05) is 0 Å². The molecular weight excluding hydrogens is 188 g/mol. The van der Waals surface area contributed by atoms with Crippen LogP contribution < -0.4 is 0 Å². The monoisotopic (exact) mass is 204 g/mol. The van der Waals surface area contributed by atoms with Crippen LogP contribution in [0.15, 0.2) is 42.5 Å². The van der Waals surface area contributed by atoms with Gasteiger partial charge in [-0.3, -0.25) is 4.79 Å². The molecule has 1 unspecified atom stereocenters. The Kier molecular flexibility index (Phi) is 4.25. The summed E-state index contributed by atoms with van der Waals surface area (Å²) in [7, 11) is 0. The van der Waals surface area contributed by atoms with Crippen molar-refractivity contribution >= 4 is 5.78 Å². The van der Waals surface area contributed by atoms with E-state index in [-0.39, 0.29) is 5.78 Å². The third kappa shape index (κ3) is 3.68. The second-order valence-electron chi connectivity index (χ2n) is 3.63. The zero-order valence-corrected chi connectivity index (χ0v) is 9.19. The number of carbonyl (C=O) groups excluding carboxylic acids is 1. The molecule has 0 fully saturated rings. The van der Waals surface area contributed by atoms with E-state index in [2.05, 4.69) is 6.58 Å². The highest BCUT2D eigenvalue weighted by Crippen LogP contribution is 2.09. The normalized spacial score (nSPS) is 12.1. The number of hydrogen-bond donors (Lipinski definition) is 0. The van der Waals surface area contributed by atoms with Crippen LogP contribution in [0.1, 0.15) is 19.4 Å². The summed E-state index contributed by atoms with van der Waals surface area (Å²) < 4.78 is 5.50. The SMILES string of the molecule is C=C(C)C(OCc1ccccc1)C(C)=O. The zero-order valence-electron chi connectivity index (χ0n) is 9.19. The van der Waals surface area contributed by atoms with Crippen molar-refractivity contribution in [3.63, 3.8) is 0 Å². The van der Waals surface area contributed by atoms with Gasteiger partial charge in [0.1, 0.15) is 6.10 Å². The van der Waals surface area contributed by atoms with Crippen molar-refractivity contribution in [3.05, 3.63) is 48.0 Å². The van der Waals surface area contributed by atoms with E-state index >= 15 is 0 Å². The van der Waals surface area contributed by atoms with Crippen LogP contribution in [0.25, 0.3) is 0 Å². The minimum Gasteiger partial charge on any atom is -0.361 e. The van der Waals surface area contributed by atoms with Crippen LogP contribution in [0.5, 0.6) is 0 Å². The summed E-state index contributed by atoms with van der Waals surface area (Å²) in [6.07, 6.45) is -0.481. The highest BCUT2D eigenvalue weighted by Gasteiger charge is 2.14. The van der Waals surface area contributed by atoms with Crippen molar-refractivity contribution in [2.75, 3.05) is 0 Å². The molecule has 0 aromatic heterocycles. The minimum atomic E-state index is -0.481. The molecule has 0 bridgehead atoms. The number of ketones is 1. The molecule has 80 valence electrons. The summed E-state index contributed by atoms with van der Waals surface area (Å²) in [4.78, 5) is 11.2. The maximum Gasteiger partial charge on any atom is 0.162 e. The first kappa shape index (κ1) is 11.7. The molecule has 1 aromatic carbocycles. The maximum absolute atomic E-state index is 11.2. The van der Waals surface area contributed by atoms with Crippen molar-refractivity contribution in [1.29, 1.82) is 0 Å². The molecular formula is C13H16O2. The summed E-state index contributed by atoms with van der Waals surface area (Å²) in [6.45, 7) is 7.51. The Balaban J connectivity index is 2.55. The average Bonchev–Trinajstić information content (AvgIpc) is 2.18. The Hall–Kier alpha value is -1.41. The maximum atomic E-state index is 11.2. The predicted molar refractivity (Wildman–Crippen MR) is 60.5 cm³/mol. The topological polar surface area (TPSA) is 26.3 Å². The van der Waals surface area contributed by atoms with E-state index in [0.717, 1.165) is 11.1 Å². The lowest BCUT2D eigenvalue weighted by Crippen LogP contribution is -2.22. The Morgan fingerprint density at radius 2 is 1.93 bits per heavy atom. The summed E-state index contributed by atoms with van der Waals surface area (Å²) in [5.41, 5.74) is 1.81. The van der Waals surface area contributed by atoms with E-state index in [1.54, 1.807) is 6.92 Å². The smallest absolute Gasteiger partial charge is 0.162 e. The Bertz CT molecular complexity index is 327. The van der Waals surface area contributed by atoms with Gasteiger partial charge in [0.15, 0.2) is 5.78 Å². The molecule has 0 aliphatic carbocycles. The molecule has 1 rings (SSSR count). The quantitative estimate of drug-likeness (QED) is 0.689. The number of rotatable bonds is 5. The van der Waals surface area contributed by atoms with Gasteiger partial charge in [0.2, 0.25) is 0 Å². The van der Waals surface area contributed by atoms with Gasteiger partial charge < -0.3 is 4.74 Å². The van der Waals surface area contributed by atoms with Crippen LogP contribution in [0.4, 0.5) is 0 Å². The Morgan fingerprint density at radius 1 is 1.33 bits per heavy atom. The molecule has 2 nitrogen and oxygen atoms in total. The molecule has 2 heteroatoms. The van der Waals surface area contributed by atoms with Gasteiger partial charge in [-0.25, -0.2) is 0 Å². The van der Waals surface area contributed by atoms with E-state index in [4.69, 9.17) is 4.74 Å². The summed E-state index contributed by atoms with van der Waals surface area (Å²) in [6, 6.07) is 9.78. The highest BCUT2D eigenvalue weighted by molar-refractivity contribution is 5.83. The summed E-state index contributed by atoms with van der Waals surface area (Å²) in [5, 5.41) is 0. The number of ether oxygens (including phenoxy) is 1. The fraction of sp³-hybridized carbons (Fsp3) is 0.308. The van der Waals surface area contributed by atoms with Crippen LogP contribution in [-0.2, 0) is 16.1 Å². The fourth-order valence-electron chi connectivity index (χ4n) is 1.36. The molecule has 1 aromatic rings. The molecule has 0 heterocycles. The summed E-state index contributed by atoms with van der Waals surface area (Å²) in [5.74, 6) is -0.00145. The molecule has 0 radical (unpaired) electrons. The van der Waals surface area contributed by atoms with E-state index in [1.165, 1.54) is 6.92 Å².